The highest BCUT2D eigenvalue weighted by molar-refractivity contribution is 6.06. The number of rotatable bonds is 6. The Kier molecular flexibility index (Phi) is 5.34. The second-order valence-electron chi connectivity index (χ2n) is 7.07. The van der Waals surface area contributed by atoms with Crippen molar-refractivity contribution < 1.29 is 9.59 Å². The van der Waals surface area contributed by atoms with Gasteiger partial charge >= 0.3 is 0 Å². The first-order valence-corrected chi connectivity index (χ1v) is 9.52. The molecule has 4 rings (SSSR count). The second kappa shape index (κ2) is 8.22. The van der Waals surface area contributed by atoms with Gasteiger partial charge in [0.1, 0.15) is 0 Å². The lowest BCUT2D eigenvalue weighted by atomic mass is 10.1. The molecule has 2 aromatic carbocycles. The van der Waals surface area contributed by atoms with Gasteiger partial charge in [0.2, 0.25) is 0 Å². The molecule has 2 amide bonds. The minimum absolute atomic E-state index is 0.124. The fourth-order valence-corrected chi connectivity index (χ4v) is 3.47. The number of benzene rings is 2. The Hall–Kier alpha value is -3.19. The van der Waals surface area contributed by atoms with Gasteiger partial charge in [0, 0.05) is 23.4 Å². The minimum Gasteiger partial charge on any atom is -0.352 e. The van der Waals surface area contributed by atoms with E-state index in [1.165, 1.54) is 6.42 Å². The quantitative estimate of drug-likeness (QED) is 0.530. The van der Waals surface area contributed by atoms with E-state index in [4.69, 9.17) is 0 Å². The van der Waals surface area contributed by atoms with Gasteiger partial charge in [-0.2, -0.15) is 0 Å². The van der Waals surface area contributed by atoms with E-state index in [-0.39, 0.29) is 11.8 Å². The number of H-pyrrole nitrogens is 1. The molecule has 1 aromatic heterocycles. The Balaban J connectivity index is 1.37. The van der Waals surface area contributed by atoms with Crippen molar-refractivity contribution in [2.45, 2.75) is 12.8 Å². The smallest absolute Gasteiger partial charge is 0.255 e. The van der Waals surface area contributed by atoms with Crippen molar-refractivity contribution >= 4 is 28.5 Å². The lowest BCUT2D eigenvalue weighted by Gasteiger charge is -2.10. The van der Waals surface area contributed by atoms with Crippen molar-refractivity contribution in [3.63, 3.8) is 0 Å². The van der Waals surface area contributed by atoms with E-state index in [1.54, 1.807) is 48.8 Å². The third kappa shape index (κ3) is 4.20. The Morgan fingerprint density at radius 1 is 1.11 bits per heavy atom. The number of fused-ring (bicyclic) bond motifs is 1. The Labute approximate surface area is 162 Å². The van der Waals surface area contributed by atoms with Gasteiger partial charge in [-0.25, -0.2) is 4.98 Å². The number of hydrogen-bond donors (Lipinski definition) is 4. The number of nitrogens with zero attached hydrogens (tertiary/aromatic N) is 1. The van der Waals surface area contributed by atoms with Crippen LogP contribution in [0, 0.1) is 5.92 Å². The molecule has 0 spiro atoms. The van der Waals surface area contributed by atoms with Crippen molar-refractivity contribution in [2.75, 3.05) is 25.0 Å². The van der Waals surface area contributed by atoms with Crippen LogP contribution in [0.1, 0.15) is 33.6 Å². The summed E-state index contributed by atoms with van der Waals surface area (Å²) >= 11 is 0. The van der Waals surface area contributed by atoms with Crippen LogP contribution in [0.15, 0.2) is 48.8 Å². The van der Waals surface area contributed by atoms with Gasteiger partial charge in [-0.1, -0.05) is 6.07 Å². The van der Waals surface area contributed by atoms with Gasteiger partial charge < -0.3 is 20.9 Å². The highest BCUT2D eigenvalue weighted by Gasteiger charge is 2.15. The summed E-state index contributed by atoms with van der Waals surface area (Å²) in [6.45, 7) is 2.75. The van der Waals surface area contributed by atoms with E-state index < -0.39 is 0 Å². The Morgan fingerprint density at radius 3 is 2.86 bits per heavy atom. The Morgan fingerprint density at radius 2 is 2.00 bits per heavy atom. The summed E-state index contributed by atoms with van der Waals surface area (Å²) in [5.41, 5.74) is 3.26. The monoisotopic (exact) mass is 377 g/mol. The highest BCUT2D eigenvalue weighted by Crippen LogP contribution is 2.16. The number of aromatic nitrogens is 2. The number of amides is 2. The van der Waals surface area contributed by atoms with Crippen molar-refractivity contribution in [2.24, 2.45) is 5.92 Å². The summed E-state index contributed by atoms with van der Waals surface area (Å²) in [7, 11) is 0. The van der Waals surface area contributed by atoms with Crippen LogP contribution in [0.5, 0.6) is 0 Å². The van der Waals surface area contributed by atoms with Gasteiger partial charge in [-0.15, -0.1) is 0 Å². The first-order valence-electron chi connectivity index (χ1n) is 9.52. The maximum atomic E-state index is 12.5. The lowest BCUT2D eigenvalue weighted by Crippen LogP contribution is -2.26. The molecule has 1 unspecified atom stereocenters. The number of anilines is 1. The van der Waals surface area contributed by atoms with Crippen molar-refractivity contribution in [1.82, 2.24) is 20.6 Å². The van der Waals surface area contributed by atoms with Crippen LogP contribution in [0.3, 0.4) is 0 Å². The molecular weight excluding hydrogens is 354 g/mol. The van der Waals surface area contributed by atoms with Gasteiger partial charge in [-0.05, 0) is 68.2 Å². The summed E-state index contributed by atoms with van der Waals surface area (Å²) in [4.78, 5) is 32.1. The van der Waals surface area contributed by atoms with E-state index in [2.05, 4.69) is 25.9 Å². The summed E-state index contributed by atoms with van der Waals surface area (Å²) in [5, 5.41) is 9.15. The number of hydrogen-bond acceptors (Lipinski definition) is 4. The molecule has 1 saturated heterocycles. The summed E-state index contributed by atoms with van der Waals surface area (Å²) in [6.07, 6.45) is 3.74. The van der Waals surface area contributed by atoms with E-state index in [9.17, 15) is 9.59 Å². The number of nitrogens with one attached hydrogen (secondary N) is 4. The maximum absolute atomic E-state index is 12.5. The second-order valence-corrected chi connectivity index (χ2v) is 7.07. The van der Waals surface area contributed by atoms with Crippen LogP contribution in [0.2, 0.25) is 0 Å². The minimum atomic E-state index is -0.234. The zero-order chi connectivity index (χ0) is 19.3. The predicted molar refractivity (Wildman–Crippen MR) is 108 cm³/mol. The van der Waals surface area contributed by atoms with Gasteiger partial charge in [-0.3, -0.25) is 9.59 Å². The average molecular weight is 377 g/mol. The normalized spacial score (nSPS) is 16.2. The molecule has 3 aromatic rings. The van der Waals surface area contributed by atoms with E-state index in [0.717, 1.165) is 30.5 Å². The molecular formula is C21H23N5O2. The standard InChI is InChI=1S/C21H23N5O2/c27-20(23-9-7-14-6-8-22-12-14)15-2-1-3-17(10-15)26-21(28)16-4-5-18-19(11-16)25-13-24-18/h1-5,10-11,13-14,22H,6-9,12H2,(H,23,27)(H,24,25)(H,26,28). The zero-order valence-electron chi connectivity index (χ0n) is 15.5. The third-order valence-electron chi connectivity index (χ3n) is 5.07. The highest BCUT2D eigenvalue weighted by atomic mass is 16.2. The number of carbonyl (C=O) groups excluding carboxylic acids is 2. The molecule has 1 aliphatic heterocycles. The maximum Gasteiger partial charge on any atom is 0.255 e. The fraction of sp³-hybridized carbons (Fsp3) is 0.286. The van der Waals surface area contributed by atoms with Gasteiger partial charge in [0.15, 0.2) is 0 Å². The molecule has 0 bridgehead atoms. The first-order chi connectivity index (χ1) is 13.7. The molecule has 28 heavy (non-hydrogen) atoms. The Bertz CT molecular complexity index is 991. The number of imidazole rings is 1. The molecule has 0 saturated carbocycles. The molecule has 0 radical (unpaired) electrons. The summed E-state index contributed by atoms with van der Waals surface area (Å²) in [5.74, 6) is 0.279. The molecule has 144 valence electrons. The molecule has 1 fully saturated rings. The molecule has 1 aliphatic rings. The van der Waals surface area contributed by atoms with Crippen LogP contribution in [0.4, 0.5) is 5.69 Å². The van der Waals surface area contributed by atoms with Crippen molar-refractivity contribution in [1.29, 1.82) is 0 Å². The molecule has 7 heteroatoms. The van der Waals surface area contributed by atoms with Crippen LogP contribution in [0.25, 0.3) is 11.0 Å². The van der Waals surface area contributed by atoms with E-state index in [0.29, 0.717) is 29.3 Å². The number of aromatic amines is 1. The van der Waals surface area contributed by atoms with Gasteiger partial charge in [0.25, 0.3) is 11.8 Å². The fourth-order valence-electron chi connectivity index (χ4n) is 3.47. The zero-order valence-corrected chi connectivity index (χ0v) is 15.5. The van der Waals surface area contributed by atoms with E-state index >= 15 is 0 Å². The lowest BCUT2D eigenvalue weighted by molar-refractivity contribution is 0.0950. The van der Waals surface area contributed by atoms with Crippen LogP contribution >= 0.6 is 0 Å². The molecule has 1 atom stereocenters. The molecule has 0 aliphatic carbocycles. The predicted octanol–water partition coefficient (Wildman–Crippen LogP) is 2.54. The van der Waals surface area contributed by atoms with Crippen molar-refractivity contribution in [3.8, 4) is 0 Å². The van der Waals surface area contributed by atoms with Gasteiger partial charge in [0.05, 0.1) is 17.4 Å². The largest absolute Gasteiger partial charge is 0.352 e. The van der Waals surface area contributed by atoms with E-state index in [1.807, 2.05) is 0 Å². The van der Waals surface area contributed by atoms with Crippen LogP contribution < -0.4 is 16.0 Å². The van der Waals surface area contributed by atoms with Crippen LogP contribution in [-0.4, -0.2) is 41.4 Å². The topological polar surface area (TPSA) is 98.9 Å². The van der Waals surface area contributed by atoms with Crippen LogP contribution in [-0.2, 0) is 0 Å². The summed E-state index contributed by atoms with van der Waals surface area (Å²) in [6, 6.07) is 12.3. The molecule has 7 nitrogen and oxygen atoms in total. The van der Waals surface area contributed by atoms with Crippen molar-refractivity contribution in [3.05, 3.63) is 59.9 Å². The average Bonchev–Trinajstić information content (AvgIpc) is 3.39. The third-order valence-corrected chi connectivity index (χ3v) is 5.07. The molecule has 2 heterocycles. The summed E-state index contributed by atoms with van der Waals surface area (Å²) < 4.78 is 0. The SMILES string of the molecule is O=C(NCCC1CCNC1)c1cccc(NC(=O)c2ccc3nc[nH]c3c2)c1. The first kappa shape index (κ1) is 18.2. The molecule has 4 N–H and O–H groups in total. The number of carbonyl (C=O) groups is 2.